The molecule has 0 radical (unpaired) electrons. The molecule has 0 N–H and O–H groups in total. The Morgan fingerprint density at radius 2 is 2.11 bits per heavy atom. The van der Waals surface area contributed by atoms with E-state index < -0.39 is 0 Å². The van der Waals surface area contributed by atoms with Crippen molar-refractivity contribution in [2.45, 2.75) is 0 Å². The van der Waals surface area contributed by atoms with Gasteiger partial charge in [0.1, 0.15) is 0 Å². The van der Waals surface area contributed by atoms with Gasteiger partial charge >= 0.3 is 0 Å². The van der Waals surface area contributed by atoms with E-state index in [9.17, 15) is 0 Å². The first kappa shape index (κ1) is 11.2. The van der Waals surface area contributed by atoms with E-state index in [1.807, 2.05) is 41.1 Å². The van der Waals surface area contributed by atoms with E-state index in [0.717, 1.165) is 16.9 Å². The van der Waals surface area contributed by atoms with Crippen LogP contribution in [-0.4, -0.2) is 14.5 Å². The van der Waals surface area contributed by atoms with Crippen molar-refractivity contribution >= 4 is 0 Å². The average Bonchev–Trinajstić information content (AvgIpc) is 2.98. The topological polar surface area (TPSA) is 54.5 Å². The third kappa shape index (κ3) is 2.22. The number of hydrogen-bond acceptors (Lipinski definition) is 3. The molecule has 0 saturated carbocycles. The Bertz CT molecular complexity index is 738. The second-order valence-electron chi connectivity index (χ2n) is 4.07. The first-order valence-electron chi connectivity index (χ1n) is 5.82. The van der Waals surface area contributed by atoms with Crippen LogP contribution in [0.1, 0.15) is 5.56 Å². The number of imidazole rings is 1. The molecule has 3 aromatic rings. The molecule has 0 aliphatic carbocycles. The fourth-order valence-corrected chi connectivity index (χ4v) is 1.87. The molecular formula is C15H10N4. The average molecular weight is 246 g/mol. The van der Waals surface area contributed by atoms with E-state index >= 15 is 0 Å². The third-order valence-electron chi connectivity index (χ3n) is 2.81. The first-order valence-corrected chi connectivity index (χ1v) is 5.82. The summed E-state index contributed by atoms with van der Waals surface area (Å²) in [6.45, 7) is 0. The van der Waals surface area contributed by atoms with Crippen LogP contribution in [0.5, 0.6) is 0 Å². The molecule has 0 bridgehead atoms. The Kier molecular flexibility index (Phi) is 2.79. The number of rotatable bonds is 2. The van der Waals surface area contributed by atoms with Crippen molar-refractivity contribution < 1.29 is 0 Å². The number of hydrogen-bond donors (Lipinski definition) is 0. The maximum atomic E-state index is 8.91. The van der Waals surface area contributed by atoms with Gasteiger partial charge in [0, 0.05) is 18.0 Å². The molecule has 2 heterocycles. The summed E-state index contributed by atoms with van der Waals surface area (Å²) in [4.78, 5) is 8.44. The zero-order chi connectivity index (χ0) is 13.1. The van der Waals surface area contributed by atoms with Crippen molar-refractivity contribution in [2.24, 2.45) is 0 Å². The van der Waals surface area contributed by atoms with Gasteiger partial charge in [-0.25, -0.2) is 4.98 Å². The highest BCUT2D eigenvalue weighted by molar-refractivity contribution is 5.61. The molecule has 0 saturated heterocycles. The van der Waals surface area contributed by atoms with Gasteiger partial charge in [0.15, 0.2) is 0 Å². The minimum Gasteiger partial charge on any atom is -0.304 e. The number of aromatic nitrogens is 3. The standard InChI is InChI=1S/C15H10N4/c16-8-12-3-1-4-13(7-12)15-10-19(11-18-15)14-5-2-6-17-9-14/h1-7,9-11H. The second kappa shape index (κ2) is 4.75. The molecule has 2 aromatic heterocycles. The van der Waals surface area contributed by atoms with E-state index in [-0.39, 0.29) is 0 Å². The van der Waals surface area contributed by atoms with Gasteiger partial charge in [-0.1, -0.05) is 12.1 Å². The summed E-state index contributed by atoms with van der Waals surface area (Å²) < 4.78 is 1.90. The van der Waals surface area contributed by atoms with E-state index in [1.165, 1.54) is 0 Å². The maximum absolute atomic E-state index is 8.91. The Morgan fingerprint density at radius 1 is 1.16 bits per heavy atom. The maximum Gasteiger partial charge on any atom is 0.1000 e. The van der Waals surface area contributed by atoms with Gasteiger partial charge in [-0.3, -0.25) is 4.98 Å². The largest absolute Gasteiger partial charge is 0.304 e. The molecule has 0 aliphatic rings. The lowest BCUT2D eigenvalue weighted by Gasteiger charge is -1.99. The van der Waals surface area contributed by atoms with Crippen LogP contribution in [0.15, 0.2) is 61.3 Å². The van der Waals surface area contributed by atoms with Crippen LogP contribution < -0.4 is 0 Å². The number of nitriles is 1. The van der Waals surface area contributed by atoms with E-state index in [1.54, 1.807) is 24.8 Å². The van der Waals surface area contributed by atoms with Gasteiger partial charge in [0.05, 0.1) is 35.5 Å². The second-order valence-corrected chi connectivity index (χ2v) is 4.07. The summed E-state index contributed by atoms with van der Waals surface area (Å²) in [6, 6.07) is 13.4. The van der Waals surface area contributed by atoms with Gasteiger partial charge in [-0.2, -0.15) is 5.26 Å². The molecule has 0 atom stereocenters. The minimum absolute atomic E-state index is 0.633. The van der Waals surface area contributed by atoms with Crippen LogP contribution in [0.2, 0.25) is 0 Å². The third-order valence-corrected chi connectivity index (χ3v) is 2.81. The molecular weight excluding hydrogens is 236 g/mol. The fraction of sp³-hybridized carbons (Fsp3) is 0. The zero-order valence-corrected chi connectivity index (χ0v) is 10.1. The van der Waals surface area contributed by atoms with Crippen molar-refractivity contribution in [3.8, 4) is 23.0 Å². The quantitative estimate of drug-likeness (QED) is 0.698. The van der Waals surface area contributed by atoms with Gasteiger partial charge in [0.2, 0.25) is 0 Å². The Morgan fingerprint density at radius 3 is 2.89 bits per heavy atom. The van der Waals surface area contributed by atoms with Crippen LogP contribution in [0.4, 0.5) is 0 Å². The van der Waals surface area contributed by atoms with E-state index in [0.29, 0.717) is 5.56 Å². The smallest absolute Gasteiger partial charge is 0.1000 e. The molecule has 4 heteroatoms. The van der Waals surface area contributed by atoms with Crippen molar-refractivity contribution in [2.75, 3.05) is 0 Å². The van der Waals surface area contributed by atoms with Crippen molar-refractivity contribution in [3.05, 3.63) is 66.9 Å². The van der Waals surface area contributed by atoms with Gasteiger partial charge in [-0.05, 0) is 24.3 Å². The highest BCUT2D eigenvalue weighted by Gasteiger charge is 2.04. The lowest BCUT2D eigenvalue weighted by molar-refractivity contribution is 1.04. The highest BCUT2D eigenvalue weighted by atomic mass is 15.0. The van der Waals surface area contributed by atoms with Gasteiger partial charge < -0.3 is 4.57 Å². The number of pyridine rings is 1. The molecule has 90 valence electrons. The van der Waals surface area contributed by atoms with Crippen LogP contribution in [0.25, 0.3) is 16.9 Å². The van der Waals surface area contributed by atoms with Crippen molar-refractivity contribution in [1.82, 2.24) is 14.5 Å². The molecule has 0 spiro atoms. The summed E-state index contributed by atoms with van der Waals surface area (Å²) >= 11 is 0. The molecule has 0 unspecified atom stereocenters. The van der Waals surface area contributed by atoms with E-state index in [2.05, 4.69) is 16.0 Å². The molecule has 0 amide bonds. The van der Waals surface area contributed by atoms with Gasteiger partial charge in [0.25, 0.3) is 0 Å². The molecule has 4 nitrogen and oxygen atoms in total. The van der Waals surface area contributed by atoms with Crippen LogP contribution in [0, 0.1) is 11.3 Å². The predicted molar refractivity (Wildman–Crippen MR) is 71.5 cm³/mol. The lowest BCUT2D eigenvalue weighted by atomic mass is 10.1. The number of benzene rings is 1. The monoisotopic (exact) mass is 246 g/mol. The van der Waals surface area contributed by atoms with Crippen LogP contribution in [0.3, 0.4) is 0 Å². The number of nitrogens with zero attached hydrogens (tertiary/aromatic N) is 4. The Hall–Kier alpha value is -2.93. The van der Waals surface area contributed by atoms with Crippen molar-refractivity contribution in [1.29, 1.82) is 5.26 Å². The SMILES string of the molecule is N#Cc1cccc(-c2cn(-c3cccnc3)cn2)c1. The molecule has 3 rings (SSSR count). The molecule has 1 aromatic carbocycles. The Balaban J connectivity index is 2.00. The summed E-state index contributed by atoms with van der Waals surface area (Å²) in [6.07, 6.45) is 7.17. The van der Waals surface area contributed by atoms with Crippen LogP contribution in [-0.2, 0) is 0 Å². The summed E-state index contributed by atoms with van der Waals surface area (Å²) in [7, 11) is 0. The summed E-state index contributed by atoms with van der Waals surface area (Å²) in [5, 5.41) is 8.91. The molecule has 19 heavy (non-hydrogen) atoms. The zero-order valence-electron chi connectivity index (χ0n) is 10.1. The first-order chi connectivity index (χ1) is 9.36. The highest BCUT2D eigenvalue weighted by Crippen LogP contribution is 2.19. The fourth-order valence-electron chi connectivity index (χ4n) is 1.87. The molecule has 0 aliphatic heterocycles. The van der Waals surface area contributed by atoms with Crippen LogP contribution >= 0.6 is 0 Å². The molecule has 0 fully saturated rings. The normalized spacial score (nSPS) is 10.1. The van der Waals surface area contributed by atoms with Crippen molar-refractivity contribution in [3.63, 3.8) is 0 Å². The lowest BCUT2D eigenvalue weighted by Crippen LogP contribution is -1.89. The minimum atomic E-state index is 0.633. The summed E-state index contributed by atoms with van der Waals surface area (Å²) in [5.74, 6) is 0. The van der Waals surface area contributed by atoms with E-state index in [4.69, 9.17) is 5.26 Å². The summed E-state index contributed by atoms with van der Waals surface area (Å²) in [5.41, 5.74) is 3.36. The van der Waals surface area contributed by atoms with Gasteiger partial charge in [-0.15, -0.1) is 0 Å². The predicted octanol–water partition coefficient (Wildman–Crippen LogP) is 2.81. The Labute approximate surface area is 110 Å².